The molecule has 0 fully saturated rings. The third kappa shape index (κ3) is 5.53. The lowest BCUT2D eigenvalue weighted by atomic mass is 9.69. The monoisotopic (exact) mass is 618 g/mol. The van der Waals surface area contributed by atoms with Crippen LogP contribution in [-0.2, 0) is 17.9 Å². The zero-order valence-corrected chi connectivity index (χ0v) is 26.6. The number of aryl methyl sites for hydroxylation is 3. The summed E-state index contributed by atoms with van der Waals surface area (Å²) in [5.74, 6) is -0.869. The summed E-state index contributed by atoms with van der Waals surface area (Å²) < 4.78 is 32.6. The average molecular weight is 619 g/mol. The molecule has 1 aliphatic rings. The van der Waals surface area contributed by atoms with Crippen LogP contribution in [0.3, 0.4) is 0 Å². The molecule has 2 atom stereocenters. The van der Waals surface area contributed by atoms with Crippen molar-refractivity contribution < 1.29 is 18.6 Å². The Bertz CT molecular complexity index is 1760. The molecule has 3 heterocycles. The first-order valence-electron chi connectivity index (χ1n) is 14.6. The van der Waals surface area contributed by atoms with Crippen LogP contribution in [0.4, 0.5) is 0 Å². The number of azide groups is 1. The van der Waals surface area contributed by atoms with Crippen molar-refractivity contribution in [1.29, 1.82) is 0 Å². The number of pyridine rings is 1. The normalized spacial score (nSPS) is 18.0. The number of carbonyl (C=O) groups excluding carboxylic acids is 1. The third-order valence-electron chi connectivity index (χ3n) is 8.59. The predicted octanol–water partition coefficient (Wildman–Crippen LogP) is 7.16. The van der Waals surface area contributed by atoms with Crippen molar-refractivity contribution in [1.82, 2.24) is 24.3 Å². The van der Waals surface area contributed by atoms with Gasteiger partial charge in [-0.1, -0.05) is 50.3 Å². The number of hydrogen-bond donors (Lipinski definition) is 2. The average Bonchev–Trinajstić information content (AvgIpc) is 3.39. The Labute approximate surface area is 258 Å². The molecule has 0 spiro atoms. The highest BCUT2D eigenvalue weighted by Gasteiger charge is 2.40. The predicted molar refractivity (Wildman–Crippen MR) is 169 cm³/mol. The third-order valence-corrected chi connectivity index (χ3v) is 10.5. The van der Waals surface area contributed by atoms with E-state index in [9.17, 15) is 13.9 Å². The Kier molecular flexibility index (Phi) is 8.70. The van der Waals surface area contributed by atoms with Gasteiger partial charge in [0.25, 0.3) is 0 Å². The maximum absolute atomic E-state index is 13.3. The molecule has 0 aliphatic carbocycles. The summed E-state index contributed by atoms with van der Waals surface area (Å²) in [7, 11) is -3.42. The van der Waals surface area contributed by atoms with Crippen molar-refractivity contribution in [3.8, 4) is 5.88 Å². The minimum absolute atomic E-state index is 0.219. The molecule has 44 heavy (non-hydrogen) atoms. The smallest absolute Gasteiger partial charge is 0.239 e. The molecule has 0 radical (unpaired) electrons. The molecule has 0 bridgehead atoms. The number of aromatic nitrogens is 4. The Balaban J connectivity index is 1.63. The lowest BCUT2D eigenvalue weighted by Crippen LogP contribution is -2.35. The SMILES string of the molecule is CCC1CN(Cc2cc(C(c3ccc4c(nnn4CC)c3C)C(C)(C)C(=O)N=[N+]=[N-])ccc2C)S(O)(O)c2cccnc2O1. The molecule has 2 N–H and O–H groups in total. The zero-order valence-electron chi connectivity index (χ0n) is 25.8. The molecule has 0 saturated carbocycles. The van der Waals surface area contributed by atoms with Crippen LogP contribution in [0, 0.1) is 19.3 Å². The summed E-state index contributed by atoms with van der Waals surface area (Å²) in [5.41, 5.74) is 14.0. The van der Waals surface area contributed by atoms with E-state index in [1.54, 1.807) is 36.5 Å². The van der Waals surface area contributed by atoms with Crippen LogP contribution in [0.2, 0.25) is 0 Å². The lowest BCUT2D eigenvalue weighted by molar-refractivity contribution is -0.126. The quantitative estimate of drug-likeness (QED) is 0.119. The molecule has 2 aromatic heterocycles. The maximum atomic E-state index is 13.3. The molecule has 2 unspecified atom stereocenters. The molecule has 2 aromatic carbocycles. The van der Waals surface area contributed by atoms with Crippen LogP contribution >= 0.6 is 10.8 Å². The van der Waals surface area contributed by atoms with Gasteiger partial charge >= 0.3 is 0 Å². The molecule has 13 heteroatoms. The summed E-state index contributed by atoms with van der Waals surface area (Å²) in [4.78, 5) is 20.6. The van der Waals surface area contributed by atoms with E-state index in [2.05, 4.69) is 25.3 Å². The maximum Gasteiger partial charge on any atom is 0.239 e. The Morgan fingerprint density at radius 2 is 2.00 bits per heavy atom. The first-order chi connectivity index (χ1) is 20.9. The number of rotatable bonds is 8. The number of carbonyl (C=O) groups is 1. The lowest BCUT2D eigenvalue weighted by Gasteiger charge is -2.42. The topological polar surface area (TPSA) is 162 Å². The van der Waals surface area contributed by atoms with E-state index in [-0.39, 0.29) is 30.0 Å². The second kappa shape index (κ2) is 12.2. The Morgan fingerprint density at radius 1 is 1.23 bits per heavy atom. The molecule has 0 saturated heterocycles. The highest BCUT2D eigenvalue weighted by molar-refractivity contribution is 8.22. The van der Waals surface area contributed by atoms with Gasteiger partial charge in [0.1, 0.15) is 16.5 Å². The van der Waals surface area contributed by atoms with Crippen molar-refractivity contribution in [2.75, 3.05) is 6.54 Å². The molecule has 1 amide bonds. The summed E-state index contributed by atoms with van der Waals surface area (Å²) in [5, 5.41) is 12.2. The number of hydrogen-bond acceptors (Lipinski definition) is 8. The number of benzene rings is 2. The summed E-state index contributed by atoms with van der Waals surface area (Å²) in [6.45, 7) is 12.6. The van der Waals surface area contributed by atoms with Crippen LogP contribution in [0.25, 0.3) is 21.5 Å². The van der Waals surface area contributed by atoms with Gasteiger partial charge in [-0.2, -0.15) is 4.31 Å². The van der Waals surface area contributed by atoms with Crippen LogP contribution in [-0.4, -0.2) is 51.9 Å². The van der Waals surface area contributed by atoms with Gasteiger partial charge < -0.3 is 4.74 Å². The van der Waals surface area contributed by atoms with Crippen molar-refractivity contribution >= 4 is 27.7 Å². The van der Waals surface area contributed by atoms with Gasteiger partial charge in [0.2, 0.25) is 11.8 Å². The zero-order chi connectivity index (χ0) is 31.8. The van der Waals surface area contributed by atoms with E-state index in [4.69, 9.17) is 10.3 Å². The summed E-state index contributed by atoms with van der Waals surface area (Å²) in [6.07, 6.45) is 1.94. The number of fused-ring (bicyclic) bond motifs is 2. The van der Waals surface area contributed by atoms with Crippen LogP contribution < -0.4 is 4.74 Å². The van der Waals surface area contributed by atoms with E-state index < -0.39 is 28.0 Å². The molecular formula is C31H38N8O4S. The molecule has 5 rings (SSSR count). The Hall–Kier alpha value is -4.00. The van der Waals surface area contributed by atoms with Crippen molar-refractivity contribution in [3.63, 3.8) is 0 Å². The highest BCUT2D eigenvalue weighted by Crippen LogP contribution is 2.57. The van der Waals surface area contributed by atoms with Crippen LogP contribution in [0.1, 0.15) is 67.9 Å². The Morgan fingerprint density at radius 3 is 2.70 bits per heavy atom. The van der Waals surface area contributed by atoms with Crippen molar-refractivity contribution in [2.24, 2.45) is 10.5 Å². The van der Waals surface area contributed by atoms with Gasteiger partial charge in [-0.25, -0.2) is 9.67 Å². The second-order valence-corrected chi connectivity index (χ2v) is 13.7. The minimum atomic E-state index is -3.42. The largest absolute Gasteiger partial charge is 0.472 e. The van der Waals surface area contributed by atoms with Crippen molar-refractivity contribution in [2.45, 2.75) is 78.0 Å². The molecule has 1 aliphatic heterocycles. The fraction of sp³-hybridized carbons (Fsp3) is 0.419. The van der Waals surface area contributed by atoms with Gasteiger partial charge in [-0.3, -0.25) is 13.9 Å². The minimum Gasteiger partial charge on any atom is -0.472 e. The summed E-state index contributed by atoms with van der Waals surface area (Å²) in [6, 6.07) is 13.2. The molecular weight excluding hydrogens is 580 g/mol. The van der Waals surface area contributed by atoms with E-state index in [1.807, 2.05) is 62.7 Å². The summed E-state index contributed by atoms with van der Waals surface area (Å²) >= 11 is 0. The molecule has 232 valence electrons. The van der Waals surface area contributed by atoms with Gasteiger partial charge in [-0.15, -0.1) is 15.9 Å². The standard InChI is InChI=1S/C31H38N8O4S/c1-7-23-18-38(44(41,42)26-10-9-15-33-29(26)43-23)17-22-16-21(12-11-19(22)3)27(31(5,6)30(40)35-36-32)24-13-14-25-28(20(24)4)34-37-39(25)8-2/h9-16,23,27,41-42H,7-8,17-18H2,1-6H3. The fourth-order valence-corrected chi connectivity index (χ4v) is 7.51. The van der Waals surface area contributed by atoms with Crippen LogP contribution in [0.5, 0.6) is 5.88 Å². The van der Waals surface area contributed by atoms with E-state index in [0.717, 1.165) is 38.9 Å². The van der Waals surface area contributed by atoms with E-state index in [0.29, 0.717) is 13.0 Å². The number of ether oxygens (including phenoxy) is 1. The van der Waals surface area contributed by atoms with Gasteiger partial charge in [0.15, 0.2) is 0 Å². The highest BCUT2D eigenvalue weighted by atomic mass is 32.3. The van der Waals surface area contributed by atoms with Gasteiger partial charge in [-0.05, 0) is 83.9 Å². The number of amides is 1. The fourth-order valence-electron chi connectivity index (χ4n) is 5.94. The first kappa shape index (κ1) is 31.4. The first-order valence-corrected chi connectivity index (χ1v) is 16.1. The van der Waals surface area contributed by atoms with E-state index in [1.165, 1.54) is 0 Å². The van der Waals surface area contributed by atoms with Crippen molar-refractivity contribution in [3.05, 3.63) is 86.9 Å². The second-order valence-electron chi connectivity index (χ2n) is 11.7. The number of nitrogens with zero attached hydrogens (tertiary/aromatic N) is 8. The van der Waals surface area contributed by atoms with E-state index >= 15 is 0 Å². The van der Waals surface area contributed by atoms with Gasteiger partial charge in [0, 0.05) is 35.5 Å². The van der Waals surface area contributed by atoms with Crippen LogP contribution in [0.15, 0.2) is 58.7 Å². The van der Waals surface area contributed by atoms with Gasteiger partial charge in [0.05, 0.1) is 12.1 Å². The molecule has 4 aromatic rings. The molecule has 12 nitrogen and oxygen atoms in total.